The third kappa shape index (κ3) is 2.92. The summed E-state index contributed by atoms with van der Waals surface area (Å²) in [5, 5.41) is 9.34. The second-order valence-corrected chi connectivity index (χ2v) is 10.6. The number of H-pyrrole nitrogens is 2. The van der Waals surface area contributed by atoms with Crippen molar-refractivity contribution in [3.05, 3.63) is 71.9 Å². The van der Waals surface area contributed by atoms with Gasteiger partial charge < -0.3 is 15.3 Å². The Bertz CT molecular complexity index is 1800. The Morgan fingerprint density at radius 2 is 1.78 bits per heavy atom. The van der Waals surface area contributed by atoms with Gasteiger partial charge in [0.2, 0.25) is 0 Å². The van der Waals surface area contributed by atoms with E-state index in [0.717, 1.165) is 50.8 Å². The normalized spacial score (nSPS) is 21.4. The van der Waals surface area contributed by atoms with Crippen LogP contribution in [0.5, 0.6) is 0 Å². The first-order valence-corrected chi connectivity index (χ1v) is 12.8. The molecule has 1 unspecified atom stereocenters. The molecular formula is C29H27N7. The van der Waals surface area contributed by atoms with Gasteiger partial charge in [0.15, 0.2) is 5.65 Å². The van der Waals surface area contributed by atoms with E-state index in [9.17, 15) is 0 Å². The molecule has 1 saturated heterocycles. The minimum atomic E-state index is 0.372. The number of aryl methyl sites for hydroxylation is 2. The van der Waals surface area contributed by atoms with Crippen molar-refractivity contribution in [2.45, 2.75) is 45.2 Å². The van der Waals surface area contributed by atoms with Gasteiger partial charge in [0.25, 0.3) is 0 Å². The van der Waals surface area contributed by atoms with Crippen molar-refractivity contribution >= 4 is 27.6 Å². The minimum Gasteiger partial charge on any atom is -0.354 e. The quantitative estimate of drug-likeness (QED) is 0.301. The number of rotatable bonds is 3. The van der Waals surface area contributed by atoms with Gasteiger partial charge in [-0.15, -0.1) is 0 Å². The van der Waals surface area contributed by atoms with Crippen LogP contribution in [0.1, 0.15) is 42.3 Å². The summed E-state index contributed by atoms with van der Waals surface area (Å²) >= 11 is 0. The van der Waals surface area contributed by atoms with E-state index in [1.54, 1.807) is 6.33 Å². The first kappa shape index (κ1) is 20.2. The maximum atomic E-state index is 4.94. The number of aromatic nitrogens is 6. The molecule has 1 aliphatic carbocycles. The Kier molecular flexibility index (Phi) is 4.09. The molecule has 1 aliphatic heterocycles. The van der Waals surface area contributed by atoms with Gasteiger partial charge in [0.05, 0.1) is 22.8 Å². The highest BCUT2D eigenvalue weighted by molar-refractivity contribution is 5.94. The van der Waals surface area contributed by atoms with E-state index in [1.165, 1.54) is 41.3 Å². The molecule has 6 aromatic rings. The number of nitrogens with zero attached hydrogens (tertiary/aromatic N) is 4. The Balaban J connectivity index is 1.17. The van der Waals surface area contributed by atoms with Gasteiger partial charge in [-0.05, 0) is 85.5 Å². The van der Waals surface area contributed by atoms with Crippen LogP contribution in [0.15, 0.2) is 55.0 Å². The number of piperidine rings is 1. The summed E-state index contributed by atoms with van der Waals surface area (Å²) in [5.74, 6) is 1.81. The van der Waals surface area contributed by atoms with Crippen molar-refractivity contribution < 1.29 is 0 Å². The van der Waals surface area contributed by atoms with E-state index < -0.39 is 0 Å². The number of fused-ring (bicyclic) bond motifs is 5. The molecule has 3 N–H and O–H groups in total. The van der Waals surface area contributed by atoms with E-state index >= 15 is 0 Å². The topological polar surface area (TPSA) is 86.7 Å². The van der Waals surface area contributed by atoms with Gasteiger partial charge in [-0.25, -0.2) is 14.5 Å². The monoisotopic (exact) mass is 473 g/mol. The van der Waals surface area contributed by atoms with Crippen molar-refractivity contribution in [3.8, 4) is 22.4 Å². The predicted octanol–water partition coefficient (Wildman–Crippen LogP) is 5.85. The fourth-order valence-corrected chi connectivity index (χ4v) is 6.56. The van der Waals surface area contributed by atoms with Gasteiger partial charge >= 0.3 is 0 Å². The molecule has 0 amide bonds. The Hall–Kier alpha value is -3.97. The number of imidazole rings is 1. The molecule has 7 nitrogen and oxygen atoms in total. The van der Waals surface area contributed by atoms with Crippen molar-refractivity contribution in [1.82, 2.24) is 34.9 Å². The fraction of sp³-hybridized carbons (Fsp3) is 0.276. The average Bonchev–Trinajstić information content (AvgIpc) is 3.71. The second-order valence-electron chi connectivity index (χ2n) is 10.6. The molecule has 1 saturated carbocycles. The lowest BCUT2D eigenvalue weighted by Crippen LogP contribution is -2.29. The highest BCUT2D eigenvalue weighted by Crippen LogP contribution is 2.42. The van der Waals surface area contributed by atoms with Gasteiger partial charge in [-0.1, -0.05) is 18.2 Å². The summed E-state index contributed by atoms with van der Waals surface area (Å²) in [7, 11) is 0. The van der Waals surface area contributed by atoms with Gasteiger partial charge in [0.1, 0.15) is 12.2 Å². The second kappa shape index (κ2) is 7.27. The molecular weight excluding hydrogens is 446 g/mol. The van der Waals surface area contributed by atoms with Crippen molar-refractivity contribution in [2.24, 2.45) is 5.92 Å². The van der Waals surface area contributed by atoms with Crippen LogP contribution in [-0.2, 0) is 0 Å². The summed E-state index contributed by atoms with van der Waals surface area (Å²) in [6.07, 6.45) is 7.56. The fourth-order valence-electron chi connectivity index (χ4n) is 6.56. The highest BCUT2D eigenvalue weighted by atomic mass is 15.3. The molecule has 2 fully saturated rings. The summed E-state index contributed by atoms with van der Waals surface area (Å²) < 4.78 is 1.85. The van der Waals surface area contributed by atoms with E-state index in [1.807, 2.05) is 10.7 Å². The zero-order chi connectivity index (χ0) is 24.0. The summed E-state index contributed by atoms with van der Waals surface area (Å²) in [6, 6.07) is 16.5. The Morgan fingerprint density at radius 1 is 0.917 bits per heavy atom. The summed E-state index contributed by atoms with van der Waals surface area (Å²) in [4.78, 5) is 16.6. The van der Waals surface area contributed by atoms with Crippen molar-refractivity contribution in [2.75, 3.05) is 0 Å². The van der Waals surface area contributed by atoms with Crippen LogP contribution in [-0.4, -0.2) is 35.6 Å². The van der Waals surface area contributed by atoms with Crippen LogP contribution in [0.4, 0.5) is 0 Å². The summed E-state index contributed by atoms with van der Waals surface area (Å²) in [6.45, 7) is 4.25. The van der Waals surface area contributed by atoms with Gasteiger partial charge in [-0.3, -0.25) is 0 Å². The van der Waals surface area contributed by atoms with Gasteiger partial charge in [-0.2, -0.15) is 5.10 Å². The summed E-state index contributed by atoms with van der Waals surface area (Å²) in [5.41, 5.74) is 11.1. The average molecular weight is 474 g/mol. The predicted molar refractivity (Wildman–Crippen MR) is 142 cm³/mol. The molecule has 36 heavy (non-hydrogen) atoms. The SMILES string of the molecule is Cc1c(-c2cc(C)c3ncnn3c2)[nH]c2cc(-c3ccc4nc(C5N[C@@H]6CC[C@H]5C6)[nH]c4c3)ccc12. The third-order valence-corrected chi connectivity index (χ3v) is 8.39. The van der Waals surface area contributed by atoms with Gasteiger partial charge in [0, 0.05) is 28.7 Å². The van der Waals surface area contributed by atoms with Crippen LogP contribution >= 0.6 is 0 Å². The molecule has 4 aromatic heterocycles. The van der Waals surface area contributed by atoms with E-state index in [2.05, 4.69) is 81.7 Å². The molecule has 2 bridgehead atoms. The molecule has 5 heterocycles. The molecule has 0 spiro atoms. The lowest BCUT2D eigenvalue weighted by atomic mass is 10.00. The number of nitrogens with one attached hydrogen (secondary N) is 3. The van der Waals surface area contributed by atoms with E-state index in [0.29, 0.717) is 12.1 Å². The molecule has 8 rings (SSSR count). The van der Waals surface area contributed by atoms with Crippen LogP contribution in [0.25, 0.3) is 50.0 Å². The number of benzene rings is 2. The molecule has 0 radical (unpaired) electrons. The van der Waals surface area contributed by atoms with Crippen LogP contribution in [0.2, 0.25) is 0 Å². The van der Waals surface area contributed by atoms with Crippen molar-refractivity contribution in [1.29, 1.82) is 0 Å². The Labute approximate surface area is 208 Å². The lowest BCUT2D eigenvalue weighted by Gasteiger charge is -2.20. The minimum absolute atomic E-state index is 0.372. The van der Waals surface area contributed by atoms with Crippen molar-refractivity contribution in [3.63, 3.8) is 0 Å². The standard InChI is InChI=1S/C29H27N7/c1-15-9-20(13-36-29(15)30-14-31-36)26-16(2)22-7-4-17(11-24(22)33-26)18-5-8-23-25(12-18)35-28(34-23)27-19-3-6-21(10-19)32-27/h4-5,7-9,11-14,19,21,27,32-33H,3,6,10H2,1-2H3,(H,34,35)/t19-,21+,27?/m0/s1. The van der Waals surface area contributed by atoms with E-state index in [4.69, 9.17) is 4.98 Å². The maximum absolute atomic E-state index is 4.94. The molecule has 3 atom stereocenters. The highest BCUT2D eigenvalue weighted by Gasteiger charge is 2.41. The number of hydrogen-bond acceptors (Lipinski definition) is 4. The maximum Gasteiger partial charge on any atom is 0.158 e. The molecule has 2 aliphatic rings. The number of hydrogen-bond donors (Lipinski definition) is 3. The first-order valence-electron chi connectivity index (χ1n) is 12.8. The molecule has 178 valence electrons. The lowest BCUT2D eigenvalue weighted by molar-refractivity contribution is 0.380. The molecule has 7 heteroatoms. The number of aromatic amines is 2. The van der Waals surface area contributed by atoms with Crippen LogP contribution < -0.4 is 5.32 Å². The zero-order valence-electron chi connectivity index (χ0n) is 20.3. The smallest absolute Gasteiger partial charge is 0.158 e. The first-order chi connectivity index (χ1) is 17.6. The molecule has 2 aromatic carbocycles. The Morgan fingerprint density at radius 3 is 2.61 bits per heavy atom. The zero-order valence-corrected chi connectivity index (χ0v) is 20.3. The third-order valence-electron chi connectivity index (χ3n) is 8.39. The van der Waals surface area contributed by atoms with Crippen LogP contribution in [0.3, 0.4) is 0 Å². The van der Waals surface area contributed by atoms with E-state index in [-0.39, 0.29) is 0 Å². The van der Waals surface area contributed by atoms with Crippen LogP contribution in [0, 0.1) is 19.8 Å². The largest absolute Gasteiger partial charge is 0.354 e. The number of pyridine rings is 1.